The van der Waals surface area contributed by atoms with Gasteiger partial charge in [-0.2, -0.15) is 11.8 Å². The number of thioether (sulfide) groups is 1. The average Bonchev–Trinajstić information content (AvgIpc) is 2.66. The molecule has 0 spiro atoms. The van der Waals surface area contributed by atoms with Gasteiger partial charge in [-0.15, -0.1) is 0 Å². The Morgan fingerprint density at radius 3 is 1.93 bits per heavy atom. The lowest BCUT2D eigenvalue weighted by Gasteiger charge is -2.28. The van der Waals surface area contributed by atoms with Crippen LogP contribution in [0.15, 0.2) is 0 Å². The summed E-state index contributed by atoms with van der Waals surface area (Å²) in [7, 11) is 0. The minimum Gasteiger partial charge on any atom is -0.480 e. The van der Waals surface area contributed by atoms with E-state index in [9.17, 15) is 24.3 Å². The van der Waals surface area contributed by atoms with Crippen LogP contribution in [0.1, 0.15) is 47.5 Å². The van der Waals surface area contributed by atoms with Crippen molar-refractivity contribution in [3.8, 4) is 0 Å². The highest BCUT2D eigenvalue weighted by Crippen LogP contribution is 2.10. The number of hydrogen-bond donors (Lipinski definition) is 5. The van der Waals surface area contributed by atoms with E-state index in [1.54, 1.807) is 32.5 Å². The van der Waals surface area contributed by atoms with Gasteiger partial charge in [-0.25, -0.2) is 4.79 Å². The number of nitrogens with one attached hydrogen (secondary N) is 3. The summed E-state index contributed by atoms with van der Waals surface area (Å²) < 4.78 is 0. The Balaban J connectivity index is 5.09. The molecule has 0 aliphatic heterocycles. The number of carboxylic acid groups (broad SMARTS) is 1. The smallest absolute Gasteiger partial charge is 0.326 e. The van der Waals surface area contributed by atoms with Crippen molar-refractivity contribution in [2.45, 2.75) is 71.6 Å². The number of carboxylic acids is 1. The molecule has 0 aliphatic rings. The van der Waals surface area contributed by atoms with Crippen LogP contribution in [0.5, 0.6) is 0 Å². The van der Waals surface area contributed by atoms with E-state index in [0.29, 0.717) is 12.8 Å². The van der Waals surface area contributed by atoms with Crippen LogP contribution in [0.4, 0.5) is 0 Å². The zero-order valence-electron chi connectivity index (χ0n) is 18.2. The maximum absolute atomic E-state index is 12.7. The standard InChI is InChI=1S/C19H36N4O5S/c1-7-11(4)15(18(26)22-14(10(2)3)19(27)28)23-16(24)12(5)21-17(25)13(20)8-9-29-6/h10-15H,7-9,20H2,1-6H3,(H,21,25)(H,22,26)(H,23,24)(H,27,28). The van der Waals surface area contributed by atoms with Gasteiger partial charge in [-0.1, -0.05) is 34.1 Å². The Labute approximate surface area is 177 Å². The van der Waals surface area contributed by atoms with Crippen molar-refractivity contribution in [2.24, 2.45) is 17.6 Å². The highest BCUT2D eigenvalue weighted by Gasteiger charge is 2.32. The van der Waals surface area contributed by atoms with Gasteiger partial charge in [-0.05, 0) is 37.2 Å². The van der Waals surface area contributed by atoms with Crippen molar-refractivity contribution >= 4 is 35.5 Å². The van der Waals surface area contributed by atoms with Crippen LogP contribution in [-0.2, 0) is 19.2 Å². The third kappa shape index (κ3) is 9.49. The molecule has 3 amide bonds. The zero-order chi connectivity index (χ0) is 22.7. The fourth-order valence-electron chi connectivity index (χ4n) is 2.50. The predicted molar refractivity (Wildman–Crippen MR) is 114 cm³/mol. The molecule has 0 aliphatic carbocycles. The third-order valence-electron chi connectivity index (χ3n) is 4.75. The van der Waals surface area contributed by atoms with E-state index in [1.165, 1.54) is 6.92 Å². The Morgan fingerprint density at radius 2 is 1.48 bits per heavy atom. The van der Waals surface area contributed by atoms with Crippen molar-refractivity contribution in [3.05, 3.63) is 0 Å². The number of nitrogens with two attached hydrogens (primary N) is 1. The molecular weight excluding hydrogens is 396 g/mol. The molecule has 0 saturated carbocycles. The Morgan fingerprint density at radius 1 is 0.931 bits per heavy atom. The van der Waals surface area contributed by atoms with E-state index in [-0.39, 0.29) is 11.8 Å². The van der Waals surface area contributed by atoms with Crippen LogP contribution >= 0.6 is 11.8 Å². The molecule has 0 radical (unpaired) electrons. The SMILES string of the molecule is CCC(C)C(NC(=O)C(C)NC(=O)C(N)CCSC)C(=O)NC(C(=O)O)C(C)C. The maximum atomic E-state index is 12.7. The number of aliphatic carboxylic acids is 1. The summed E-state index contributed by atoms with van der Waals surface area (Å²) in [6.07, 6.45) is 3.00. The second kappa shape index (κ2) is 13.4. The first-order valence-electron chi connectivity index (χ1n) is 9.84. The zero-order valence-corrected chi connectivity index (χ0v) is 19.0. The van der Waals surface area contributed by atoms with Gasteiger partial charge in [0.2, 0.25) is 17.7 Å². The number of hydrogen-bond acceptors (Lipinski definition) is 6. The largest absolute Gasteiger partial charge is 0.480 e. The van der Waals surface area contributed by atoms with Crippen molar-refractivity contribution in [1.29, 1.82) is 0 Å². The Bertz CT molecular complexity index is 573. The molecule has 0 aromatic rings. The molecule has 168 valence electrons. The molecule has 5 unspecified atom stereocenters. The van der Waals surface area contributed by atoms with E-state index in [2.05, 4.69) is 16.0 Å². The molecule has 29 heavy (non-hydrogen) atoms. The number of rotatable bonds is 13. The summed E-state index contributed by atoms with van der Waals surface area (Å²) in [5.41, 5.74) is 5.81. The topological polar surface area (TPSA) is 151 Å². The average molecular weight is 433 g/mol. The molecule has 0 heterocycles. The quantitative estimate of drug-likeness (QED) is 0.281. The molecule has 6 N–H and O–H groups in total. The van der Waals surface area contributed by atoms with Gasteiger partial charge in [-0.3, -0.25) is 14.4 Å². The molecular formula is C19H36N4O5S. The van der Waals surface area contributed by atoms with Gasteiger partial charge in [0.25, 0.3) is 0 Å². The van der Waals surface area contributed by atoms with Crippen LogP contribution < -0.4 is 21.7 Å². The van der Waals surface area contributed by atoms with E-state index in [1.807, 2.05) is 13.2 Å². The second-order valence-electron chi connectivity index (χ2n) is 7.56. The first-order chi connectivity index (χ1) is 13.5. The van der Waals surface area contributed by atoms with Gasteiger partial charge < -0.3 is 26.8 Å². The second-order valence-corrected chi connectivity index (χ2v) is 8.54. The van der Waals surface area contributed by atoms with Gasteiger partial charge >= 0.3 is 5.97 Å². The van der Waals surface area contributed by atoms with Crippen molar-refractivity contribution < 1.29 is 24.3 Å². The maximum Gasteiger partial charge on any atom is 0.326 e. The molecule has 0 saturated heterocycles. The van der Waals surface area contributed by atoms with Gasteiger partial charge in [0.15, 0.2) is 0 Å². The Hall–Kier alpha value is -1.81. The lowest BCUT2D eigenvalue weighted by molar-refractivity contribution is -0.144. The van der Waals surface area contributed by atoms with E-state index in [4.69, 9.17) is 5.73 Å². The minimum atomic E-state index is -1.14. The van der Waals surface area contributed by atoms with Crippen LogP contribution in [0.3, 0.4) is 0 Å². The number of carbonyl (C=O) groups is 4. The molecule has 9 nitrogen and oxygen atoms in total. The fourth-order valence-corrected chi connectivity index (χ4v) is 2.99. The molecule has 0 fully saturated rings. The molecule has 10 heteroatoms. The van der Waals surface area contributed by atoms with Gasteiger partial charge in [0.1, 0.15) is 18.1 Å². The predicted octanol–water partition coefficient (Wildman–Crippen LogP) is 0.328. The van der Waals surface area contributed by atoms with E-state index < -0.39 is 47.9 Å². The minimum absolute atomic E-state index is 0.229. The Kier molecular flexibility index (Phi) is 12.6. The first-order valence-corrected chi connectivity index (χ1v) is 11.2. The van der Waals surface area contributed by atoms with Crippen molar-refractivity contribution in [3.63, 3.8) is 0 Å². The van der Waals surface area contributed by atoms with Crippen LogP contribution in [0.2, 0.25) is 0 Å². The summed E-state index contributed by atoms with van der Waals surface area (Å²) in [5.74, 6) is -2.49. The summed E-state index contributed by atoms with van der Waals surface area (Å²) in [6.45, 7) is 8.54. The normalized spacial score (nSPS) is 16.3. The fraction of sp³-hybridized carbons (Fsp3) is 0.789. The number of amides is 3. The summed E-state index contributed by atoms with van der Waals surface area (Å²) in [4.78, 5) is 48.7. The van der Waals surface area contributed by atoms with E-state index in [0.717, 1.165) is 5.75 Å². The highest BCUT2D eigenvalue weighted by molar-refractivity contribution is 7.98. The molecule has 0 aromatic heterocycles. The van der Waals surface area contributed by atoms with E-state index >= 15 is 0 Å². The molecule has 0 bridgehead atoms. The monoisotopic (exact) mass is 432 g/mol. The van der Waals surface area contributed by atoms with Crippen LogP contribution in [0.25, 0.3) is 0 Å². The van der Waals surface area contributed by atoms with Crippen LogP contribution in [-0.4, -0.2) is 65.0 Å². The van der Waals surface area contributed by atoms with Crippen molar-refractivity contribution in [2.75, 3.05) is 12.0 Å². The number of carbonyl (C=O) groups excluding carboxylic acids is 3. The molecule has 0 aromatic carbocycles. The molecule has 0 rings (SSSR count). The molecule has 5 atom stereocenters. The third-order valence-corrected chi connectivity index (χ3v) is 5.39. The summed E-state index contributed by atoms with van der Waals surface area (Å²) in [5, 5.41) is 17.0. The highest BCUT2D eigenvalue weighted by atomic mass is 32.2. The first kappa shape index (κ1) is 27.2. The van der Waals surface area contributed by atoms with Gasteiger partial charge in [0, 0.05) is 0 Å². The van der Waals surface area contributed by atoms with Crippen LogP contribution in [0, 0.1) is 11.8 Å². The lowest BCUT2D eigenvalue weighted by Crippen LogP contribution is -2.58. The summed E-state index contributed by atoms with van der Waals surface area (Å²) in [6, 6.07) is -3.58. The van der Waals surface area contributed by atoms with Crippen molar-refractivity contribution in [1.82, 2.24) is 16.0 Å². The lowest BCUT2D eigenvalue weighted by atomic mass is 9.96. The summed E-state index contributed by atoms with van der Waals surface area (Å²) >= 11 is 1.57. The van der Waals surface area contributed by atoms with Gasteiger partial charge in [0.05, 0.1) is 6.04 Å².